The molecule has 0 aliphatic carbocycles. The van der Waals surface area contributed by atoms with Gasteiger partial charge in [-0.3, -0.25) is 4.79 Å². The summed E-state index contributed by atoms with van der Waals surface area (Å²) in [7, 11) is 0. The van der Waals surface area contributed by atoms with E-state index in [4.69, 9.17) is 5.11 Å². The quantitative estimate of drug-likeness (QED) is 0.749. The number of carboxylic acid groups (broad SMARTS) is 1. The van der Waals surface area contributed by atoms with Gasteiger partial charge in [-0.2, -0.15) is 13.2 Å². The summed E-state index contributed by atoms with van der Waals surface area (Å²) >= 11 is 0. The number of aliphatic carboxylic acids is 1. The number of amides is 2. The van der Waals surface area contributed by atoms with Gasteiger partial charge in [0.05, 0.1) is 0 Å². The first-order valence-corrected chi connectivity index (χ1v) is 6.83. The zero-order valence-electron chi connectivity index (χ0n) is 11.4. The van der Waals surface area contributed by atoms with Crippen LogP contribution in [0.25, 0.3) is 0 Å². The zero-order valence-corrected chi connectivity index (χ0v) is 11.4. The van der Waals surface area contributed by atoms with Crippen LogP contribution in [0, 0.1) is 5.41 Å². The summed E-state index contributed by atoms with van der Waals surface area (Å²) in [6.45, 7) is 1.23. The summed E-state index contributed by atoms with van der Waals surface area (Å²) in [5.74, 6) is -1.91. The number of hydrogen-bond donors (Lipinski definition) is 2. The molecular weight excluding hydrogens is 291 g/mol. The van der Waals surface area contributed by atoms with E-state index in [1.54, 1.807) is 0 Å². The number of halogens is 3. The van der Waals surface area contributed by atoms with Gasteiger partial charge in [0, 0.05) is 32.7 Å². The monoisotopic (exact) mass is 309 g/mol. The lowest BCUT2D eigenvalue weighted by Gasteiger charge is -2.29. The molecule has 0 aromatic heterocycles. The molecule has 2 heterocycles. The van der Waals surface area contributed by atoms with Gasteiger partial charge >= 0.3 is 18.2 Å². The molecule has 0 spiro atoms. The molecule has 0 aromatic carbocycles. The summed E-state index contributed by atoms with van der Waals surface area (Å²) in [4.78, 5) is 25.8. The SMILES string of the molecule is O=C(N1CCCNCC1)N1CCC(C(=O)O)(C(F)(F)F)C1. The normalized spacial score (nSPS) is 27.6. The third kappa shape index (κ3) is 2.92. The molecule has 0 saturated carbocycles. The van der Waals surface area contributed by atoms with Crippen LogP contribution < -0.4 is 5.32 Å². The molecule has 6 nitrogen and oxygen atoms in total. The Kier molecular flexibility index (Phi) is 4.31. The highest BCUT2D eigenvalue weighted by molar-refractivity contribution is 5.80. The molecular formula is C12H18F3N3O3. The molecule has 2 aliphatic rings. The number of nitrogens with one attached hydrogen (secondary N) is 1. The average molecular weight is 309 g/mol. The van der Waals surface area contributed by atoms with Crippen LogP contribution in [0.2, 0.25) is 0 Å². The van der Waals surface area contributed by atoms with Crippen LogP contribution in [0.4, 0.5) is 18.0 Å². The summed E-state index contributed by atoms with van der Waals surface area (Å²) in [6, 6.07) is -0.508. The van der Waals surface area contributed by atoms with E-state index >= 15 is 0 Å². The predicted molar refractivity (Wildman–Crippen MR) is 66.8 cm³/mol. The first-order valence-electron chi connectivity index (χ1n) is 6.83. The Morgan fingerprint density at radius 2 is 1.81 bits per heavy atom. The van der Waals surface area contributed by atoms with E-state index in [1.165, 1.54) is 4.90 Å². The summed E-state index contributed by atoms with van der Waals surface area (Å²) in [5.41, 5.74) is -2.84. The van der Waals surface area contributed by atoms with Gasteiger partial charge in [0.15, 0.2) is 5.41 Å². The Balaban J connectivity index is 2.10. The number of urea groups is 1. The van der Waals surface area contributed by atoms with Crippen LogP contribution >= 0.6 is 0 Å². The lowest BCUT2D eigenvalue weighted by molar-refractivity contribution is -0.227. The third-order valence-electron chi connectivity index (χ3n) is 4.10. The second kappa shape index (κ2) is 5.70. The van der Waals surface area contributed by atoms with Crippen molar-refractivity contribution in [3.63, 3.8) is 0 Å². The minimum Gasteiger partial charge on any atom is -0.481 e. The number of likely N-dealkylation sites (tertiary alicyclic amines) is 1. The van der Waals surface area contributed by atoms with Crippen LogP contribution in [0.5, 0.6) is 0 Å². The second-order valence-electron chi connectivity index (χ2n) is 5.43. The van der Waals surface area contributed by atoms with E-state index in [0.29, 0.717) is 19.6 Å². The molecule has 21 heavy (non-hydrogen) atoms. The molecule has 0 radical (unpaired) electrons. The van der Waals surface area contributed by atoms with Gasteiger partial charge in [0.1, 0.15) is 0 Å². The lowest BCUT2D eigenvalue weighted by atomic mass is 9.86. The molecule has 1 atom stereocenters. The largest absolute Gasteiger partial charge is 0.481 e. The molecule has 1 unspecified atom stereocenters. The van der Waals surface area contributed by atoms with E-state index < -0.39 is 36.6 Å². The lowest BCUT2D eigenvalue weighted by Crippen LogP contribution is -2.50. The molecule has 2 amide bonds. The van der Waals surface area contributed by atoms with Crippen molar-refractivity contribution < 1.29 is 27.9 Å². The fraction of sp³-hybridized carbons (Fsp3) is 0.833. The molecule has 2 saturated heterocycles. The minimum atomic E-state index is -4.87. The number of rotatable bonds is 1. The maximum atomic E-state index is 13.1. The predicted octanol–water partition coefficient (Wildman–Crippen LogP) is 0.741. The number of alkyl halides is 3. The third-order valence-corrected chi connectivity index (χ3v) is 4.10. The van der Waals surface area contributed by atoms with Gasteiger partial charge in [-0.25, -0.2) is 4.79 Å². The van der Waals surface area contributed by atoms with Gasteiger partial charge in [0.2, 0.25) is 0 Å². The van der Waals surface area contributed by atoms with E-state index in [0.717, 1.165) is 17.9 Å². The van der Waals surface area contributed by atoms with Crippen LogP contribution in [0.1, 0.15) is 12.8 Å². The second-order valence-corrected chi connectivity index (χ2v) is 5.43. The molecule has 9 heteroatoms. The number of nitrogens with zero attached hydrogens (tertiary/aromatic N) is 2. The van der Waals surface area contributed by atoms with E-state index in [2.05, 4.69) is 5.32 Å². The molecule has 2 fully saturated rings. The van der Waals surface area contributed by atoms with Crippen LogP contribution in [0.15, 0.2) is 0 Å². The van der Waals surface area contributed by atoms with Gasteiger partial charge in [0.25, 0.3) is 0 Å². The standard InChI is InChI=1S/C12H18F3N3O3/c13-12(14,15)11(9(19)20)2-6-18(8-11)10(21)17-5-1-3-16-4-7-17/h16H,1-8H2,(H,19,20). The summed E-state index contributed by atoms with van der Waals surface area (Å²) in [5, 5.41) is 12.1. The fourth-order valence-corrected chi connectivity index (χ4v) is 2.74. The highest BCUT2D eigenvalue weighted by Crippen LogP contribution is 2.45. The van der Waals surface area contributed by atoms with Crippen molar-refractivity contribution in [2.75, 3.05) is 39.3 Å². The van der Waals surface area contributed by atoms with Gasteiger partial charge in [-0.05, 0) is 19.4 Å². The maximum Gasteiger partial charge on any atom is 0.406 e. The van der Waals surface area contributed by atoms with Crippen LogP contribution in [-0.2, 0) is 4.79 Å². The summed E-state index contributed by atoms with van der Waals surface area (Å²) < 4.78 is 39.2. The minimum absolute atomic E-state index is 0.186. The fourth-order valence-electron chi connectivity index (χ4n) is 2.74. The highest BCUT2D eigenvalue weighted by atomic mass is 19.4. The Morgan fingerprint density at radius 1 is 1.10 bits per heavy atom. The number of carbonyl (C=O) groups excluding carboxylic acids is 1. The molecule has 2 N–H and O–H groups in total. The highest BCUT2D eigenvalue weighted by Gasteiger charge is 2.64. The Bertz CT molecular complexity index is 422. The van der Waals surface area contributed by atoms with E-state index in [1.807, 2.05) is 0 Å². The Labute approximate surface area is 119 Å². The first kappa shape index (κ1) is 15.9. The van der Waals surface area contributed by atoms with Crippen LogP contribution in [-0.4, -0.2) is 72.4 Å². The van der Waals surface area contributed by atoms with Crippen molar-refractivity contribution in [3.8, 4) is 0 Å². The molecule has 2 rings (SSSR count). The van der Waals surface area contributed by atoms with E-state index in [-0.39, 0.29) is 6.54 Å². The first-order chi connectivity index (χ1) is 9.78. The summed E-state index contributed by atoms with van der Waals surface area (Å²) in [6.07, 6.45) is -4.74. The molecule has 2 aliphatic heterocycles. The Hall–Kier alpha value is -1.51. The van der Waals surface area contributed by atoms with Gasteiger partial charge in [-0.15, -0.1) is 0 Å². The number of hydrogen-bond acceptors (Lipinski definition) is 3. The molecule has 0 aromatic rings. The van der Waals surface area contributed by atoms with Crippen molar-refractivity contribution in [2.45, 2.75) is 19.0 Å². The van der Waals surface area contributed by atoms with Crippen LogP contribution in [0.3, 0.4) is 0 Å². The number of carbonyl (C=O) groups is 2. The van der Waals surface area contributed by atoms with Gasteiger partial charge in [-0.1, -0.05) is 0 Å². The smallest absolute Gasteiger partial charge is 0.406 e. The molecule has 0 bridgehead atoms. The van der Waals surface area contributed by atoms with Crippen molar-refractivity contribution in [1.29, 1.82) is 0 Å². The average Bonchev–Trinajstić information content (AvgIpc) is 2.69. The van der Waals surface area contributed by atoms with Crippen molar-refractivity contribution in [2.24, 2.45) is 5.41 Å². The van der Waals surface area contributed by atoms with E-state index in [9.17, 15) is 22.8 Å². The molecule has 120 valence electrons. The Morgan fingerprint density at radius 3 is 2.38 bits per heavy atom. The maximum absolute atomic E-state index is 13.1. The van der Waals surface area contributed by atoms with Gasteiger partial charge < -0.3 is 20.2 Å². The van der Waals surface area contributed by atoms with Crippen molar-refractivity contribution in [1.82, 2.24) is 15.1 Å². The van der Waals surface area contributed by atoms with Crippen molar-refractivity contribution in [3.05, 3.63) is 0 Å². The number of carboxylic acids is 1. The topological polar surface area (TPSA) is 72.9 Å². The van der Waals surface area contributed by atoms with Crippen molar-refractivity contribution >= 4 is 12.0 Å². The zero-order chi connectivity index (χ0) is 15.7.